The summed E-state index contributed by atoms with van der Waals surface area (Å²) in [6.45, 7) is 3.47. The van der Waals surface area contributed by atoms with Gasteiger partial charge in [0, 0.05) is 0 Å². The molecule has 1 N–H and O–H groups in total. The van der Waals surface area contributed by atoms with Gasteiger partial charge in [-0.1, -0.05) is 6.92 Å². The van der Waals surface area contributed by atoms with E-state index in [-0.39, 0.29) is 13.1 Å². The number of aliphatic carboxylic acids is 1. The molecule has 0 aromatic heterocycles. The smallest absolute Gasteiger partial charge is 0.312 e. The highest BCUT2D eigenvalue weighted by molar-refractivity contribution is 5.74. The van der Waals surface area contributed by atoms with Gasteiger partial charge >= 0.3 is 5.97 Å². The molecule has 0 fully saturated rings. The maximum Gasteiger partial charge on any atom is 0.312 e. The van der Waals surface area contributed by atoms with Crippen molar-refractivity contribution in [3.05, 3.63) is 0 Å². The Balaban J connectivity index is 4.09. The minimum atomic E-state index is -0.944. The molecule has 11 heavy (non-hydrogen) atoms. The molecule has 0 bridgehead atoms. The van der Waals surface area contributed by atoms with Crippen molar-refractivity contribution in [2.45, 2.75) is 20.3 Å². The van der Waals surface area contributed by atoms with E-state index in [9.17, 15) is 9.59 Å². The van der Waals surface area contributed by atoms with Crippen LogP contribution in [-0.2, 0) is 14.3 Å². The third-order valence-electron chi connectivity index (χ3n) is 1.77. The first-order valence-corrected chi connectivity index (χ1v) is 3.35. The summed E-state index contributed by atoms with van der Waals surface area (Å²) in [5.41, 5.74) is -0.944. The second-order valence-electron chi connectivity index (χ2n) is 2.63. The predicted molar refractivity (Wildman–Crippen MR) is 38.0 cm³/mol. The lowest BCUT2D eigenvalue weighted by Gasteiger charge is -2.20. The molecule has 1 atom stereocenters. The van der Waals surface area contributed by atoms with Gasteiger partial charge < -0.3 is 9.84 Å². The largest absolute Gasteiger partial charge is 0.481 e. The van der Waals surface area contributed by atoms with Crippen molar-refractivity contribution in [3.63, 3.8) is 0 Å². The van der Waals surface area contributed by atoms with Gasteiger partial charge in [0.15, 0.2) is 0 Å². The van der Waals surface area contributed by atoms with E-state index >= 15 is 0 Å². The number of carboxylic acids is 1. The summed E-state index contributed by atoms with van der Waals surface area (Å²) in [6.07, 6.45) is 0.441. The van der Waals surface area contributed by atoms with Crippen LogP contribution in [0.2, 0.25) is 0 Å². The van der Waals surface area contributed by atoms with E-state index in [1.165, 1.54) is 0 Å². The summed E-state index contributed by atoms with van der Waals surface area (Å²) in [6, 6.07) is 0. The van der Waals surface area contributed by atoms with Gasteiger partial charge in [0.05, 0.1) is 5.41 Å². The lowest BCUT2D eigenvalue weighted by Crippen LogP contribution is -2.31. The van der Waals surface area contributed by atoms with E-state index in [2.05, 4.69) is 4.74 Å². The highest BCUT2D eigenvalue weighted by Gasteiger charge is 2.31. The van der Waals surface area contributed by atoms with Crippen LogP contribution in [0, 0.1) is 5.41 Å². The number of carbonyl (C=O) groups is 2. The van der Waals surface area contributed by atoms with E-state index in [1.54, 1.807) is 13.8 Å². The molecule has 1 unspecified atom stereocenters. The maximum atomic E-state index is 10.6. The quantitative estimate of drug-likeness (QED) is 0.600. The van der Waals surface area contributed by atoms with Gasteiger partial charge in [0.2, 0.25) is 0 Å². The van der Waals surface area contributed by atoms with Crippen molar-refractivity contribution in [3.8, 4) is 0 Å². The monoisotopic (exact) mass is 160 g/mol. The fourth-order valence-electron chi connectivity index (χ4n) is 0.533. The molecule has 0 saturated carbocycles. The summed E-state index contributed by atoms with van der Waals surface area (Å²) in [5.74, 6) is -0.943. The van der Waals surface area contributed by atoms with Gasteiger partial charge in [-0.2, -0.15) is 0 Å². The van der Waals surface area contributed by atoms with Crippen molar-refractivity contribution >= 4 is 12.4 Å². The van der Waals surface area contributed by atoms with Gasteiger partial charge in [-0.3, -0.25) is 9.59 Å². The number of rotatable bonds is 5. The fraction of sp³-hybridized carbons (Fsp3) is 0.714. The Morgan fingerprint density at radius 3 is 2.55 bits per heavy atom. The molecule has 4 heteroatoms. The Labute approximate surface area is 65.2 Å². The molecule has 0 heterocycles. The molecular weight excluding hydrogens is 148 g/mol. The molecule has 0 rings (SSSR count). The van der Waals surface area contributed by atoms with Crippen molar-refractivity contribution < 1.29 is 19.4 Å². The van der Waals surface area contributed by atoms with Crippen molar-refractivity contribution in [2.24, 2.45) is 5.41 Å². The van der Waals surface area contributed by atoms with Crippen LogP contribution < -0.4 is 0 Å². The third-order valence-corrected chi connectivity index (χ3v) is 1.77. The minimum Gasteiger partial charge on any atom is -0.481 e. The molecule has 0 radical (unpaired) electrons. The average molecular weight is 160 g/mol. The van der Waals surface area contributed by atoms with E-state index in [4.69, 9.17) is 5.11 Å². The summed E-state index contributed by atoms with van der Waals surface area (Å²) in [5, 5.41) is 8.66. The highest BCUT2D eigenvalue weighted by Crippen LogP contribution is 2.20. The Morgan fingerprint density at radius 1 is 1.73 bits per heavy atom. The summed E-state index contributed by atoms with van der Waals surface area (Å²) in [4.78, 5) is 20.3. The van der Waals surface area contributed by atoms with Gasteiger partial charge in [0.25, 0.3) is 6.47 Å². The van der Waals surface area contributed by atoms with Crippen LogP contribution in [-0.4, -0.2) is 24.2 Å². The molecule has 0 saturated heterocycles. The lowest BCUT2D eigenvalue weighted by molar-refractivity contribution is -0.153. The van der Waals surface area contributed by atoms with Gasteiger partial charge in [0.1, 0.15) is 6.61 Å². The Morgan fingerprint density at radius 2 is 2.27 bits per heavy atom. The highest BCUT2D eigenvalue weighted by atomic mass is 16.5. The number of hydrogen-bond donors (Lipinski definition) is 1. The third kappa shape index (κ3) is 2.57. The predicted octanol–water partition coefficient (Wildman–Crippen LogP) is 0.660. The van der Waals surface area contributed by atoms with Crippen LogP contribution in [0.5, 0.6) is 0 Å². The Bertz CT molecular complexity index is 155. The van der Waals surface area contributed by atoms with Crippen molar-refractivity contribution in [1.29, 1.82) is 0 Å². The van der Waals surface area contributed by atoms with Gasteiger partial charge in [-0.05, 0) is 13.3 Å². The van der Waals surface area contributed by atoms with E-state index in [0.29, 0.717) is 6.42 Å². The van der Waals surface area contributed by atoms with Crippen LogP contribution in [0.1, 0.15) is 20.3 Å². The molecule has 0 amide bonds. The summed E-state index contributed by atoms with van der Waals surface area (Å²) >= 11 is 0. The van der Waals surface area contributed by atoms with Crippen LogP contribution in [0.3, 0.4) is 0 Å². The second kappa shape index (κ2) is 3.95. The first-order valence-electron chi connectivity index (χ1n) is 3.35. The zero-order chi connectivity index (χ0) is 8.91. The van der Waals surface area contributed by atoms with Gasteiger partial charge in [-0.15, -0.1) is 0 Å². The number of carboxylic acid groups (broad SMARTS) is 1. The summed E-state index contributed by atoms with van der Waals surface area (Å²) < 4.78 is 4.39. The van der Waals surface area contributed by atoms with E-state index in [0.717, 1.165) is 0 Å². The van der Waals surface area contributed by atoms with Gasteiger partial charge in [-0.25, -0.2) is 0 Å². The molecule has 0 aliphatic carbocycles. The molecule has 0 aliphatic rings. The minimum absolute atomic E-state index is 0.0671. The van der Waals surface area contributed by atoms with E-state index < -0.39 is 11.4 Å². The number of ether oxygens (including phenoxy) is 1. The molecule has 0 spiro atoms. The van der Waals surface area contributed by atoms with Crippen molar-refractivity contribution in [2.75, 3.05) is 6.61 Å². The fourth-order valence-corrected chi connectivity index (χ4v) is 0.533. The first-order chi connectivity index (χ1) is 5.06. The molecule has 4 nitrogen and oxygen atoms in total. The molecule has 0 aromatic rings. The van der Waals surface area contributed by atoms with Crippen LogP contribution in [0.25, 0.3) is 0 Å². The lowest BCUT2D eigenvalue weighted by atomic mass is 9.89. The number of carbonyl (C=O) groups excluding carboxylic acids is 1. The van der Waals surface area contributed by atoms with E-state index in [1.807, 2.05) is 0 Å². The molecular formula is C7H12O4. The normalized spacial score (nSPS) is 15.1. The first kappa shape index (κ1) is 9.94. The standard InChI is InChI=1S/C7H12O4/c1-3-7(2,6(9)10)4-11-5-8/h5H,3-4H2,1-2H3,(H,9,10). The number of hydrogen-bond acceptors (Lipinski definition) is 3. The van der Waals surface area contributed by atoms with Crippen LogP contribution in [0.15, 0.2) is 0 Å². The maximum absolute atomic E-state index is 10.6. The Hall–Kier alpha value is -1.06. The molecule has 0 aromatic carbocycles. The topological polar surface area (TPSA) is 63.6 Å². The van der Waals surface area contributed by atoms with Crippen LogP contribution in [0.4, 0.5) is 0 Å². The SMILES string of the molecule is CCC(C)(COC=O)C(=O)O. The summed E-state index contributed by atoms with van der Waals surface area (Å²) in [7, 11) is 0. The zero-order valence-corrected chi connectivity index (χ0v) is 6.66. The zero-order valence-electron chi connectivity index (χ0n) is 6.66. The van der Waals surface area contributed by atoms with Crippen LogP contribution >= 0.6 is 0 Å². The molecule has 64 valence electrons. The second-order valence-corrected chi connectivity index (χ2v) is 2.63. The average Bonchev–Trinajstić information content (AvgIpc) is 2.00. The molecule has 0 aliphatic heterocycles. The Kier molecular flexibility index (Phi) is 3.57. The van der Waals surface area contributed by atoms with Crippen molar-refractivity contribution in [1.82, 2.24) is 0 Å².